The second-order valence-electron chi connectivity index (χ2n) is 4.22. The van der Waals surface area contributed by atoms with Gasteiger partial charge in [-0.3, -0.25) is 13.9 Å². The molecule has 0 aromatic heterocycles. The van der Waals surface area contributed by atoms with E-state index in [1.165, 1.54) is 0 Å². The predicted molar refractivity (Wildman–Crippen MR) is 55.8 cm³/mol. The van der Waals surface area contributed by atoms with Crippen molar-refractivity contribution >= 4 is 16.8 Å². The SMILES string of the molecule is CC(C)(CC(=O)O)N1CCS(=O)CC1. The van der Waals surface area contributed by atoms with Crippen molar-refractivity contribution in [1.29, 1.82) is 0 Å². The highest BCUT2D eigenvalue weighted by Gasteiger charge is 2.31. The lowest BCUT2D eigenvalue weighted by molar-refractivity contribution is -0.139. The third kappa shape index (κ3) is 3.06. The molecular formula is C9H17NO3S. The van der Waals surface area contributed by atoms with Gasteiger partial charge >= 0.3 is 5.97 Å². The minimum absolute atomic E-state index is 0.139. The molecule has 0 bridgehead atoms. The molecule has 1 saturated heterocycles. The van der Waals surface area contributed by atoms with Gasteiger partial charge < -0.3 is 5.11 Å². The summed E-state index contributed by atoms with van der Waals surface area (Å²) in [5.41, 5.74) is -0.323. The molecule has 1 N–H and O–H groups in total. The molecule has 1 fully saturated rings. The Morgan fingerprint density at radius 1 is 1.43 bits per heavy atom. The monoisotopic (exact) mass is 219 g/mol. The van der Waals surface area contributed by atoms with E-state index >= 15 is 0 Å². The van der Waals surface area contributed by atoms with E-state index in [0.29, 0.717) is 11.5 Å². The van der Waals surface area contributed by atoms with Crippen LogP contribution in [-0.2, 0) is 15.6 Å². The Balaban J connectivity index is 2.54. The molecule has 0 atom stereocenters. The van der Waals surface area contributed by atoms with E-state index in [1.807, 2.05) is 13.8 Å². The van der Waals surface area contributed by atoms with Crippen LogP contribution < -0.4 is 0 Å². The van der Waals surface area contributed by atoms with Crippen LogP contribution in [0.4, 0.5) is 0 Å². The molecule has 0 unspecified atom stereocenters. The zero-order chi connectivity index (χ0) is 10.8. The van der Waals surface area contributed by atoms with E-state index in [-0.39, 0.29) is 12.0 Å². The van der Waals surface area contributed by atoms with Crippen LogP contribution >= 0.6 is 0 Å². The Bertz CT molecular complexity index is 242. The summed E-state index contributed by atoms with van der Waals surface area (Å²) in [5.74, 6) is 0.563. The molecule has 0 spiro atoms. The summed E-state index contributed by atoms with van der Waals surface area (Å²) in [6.45, 7) is 5.34. The van der Waals surface area contributed by atoms with Crippen molar-refractivity contribution in [2.75, 3.05) is 24.6 Å². The first-order chi connectivity index (χ1) is 6.42. The topological polar surface area (TPSA) is 57.6 Å². The van der Waals surface area contributed by atoms with Crippen molar-refractivity contribution in [3.63, 3.8) is 0 Å². The zero-order valence-electron chi connectivity index (χ0n) is 8.65. The van der Waals surface area contributed by atoms with E-state index < -0.39 is 16.8 Å². The van der Waals surface area contributed by atoms with E-state index in [9.17, 15) is 9.00 Å². The Labute approximate surface area is 86.7 Å². The van der Waals surface area contributed by atoms with Gasteiger partial charge in [0.15, 0.2) is 0 Å². The molecule has 0 aromatic carbocycles. The van der Waals surface area contributed by atoms with Gasteiger partial charge in [0.05, 0.1) is 6.42 Å². The second-order valence-corrected chi connectivity index (χ2v) is 5.91. The first-order valence-electron chi connectivity index (χ1n) is 4.73. The van der Waals surface area contributed by atoms with Crippen LogP contribution in [0.3, 0.4) is 0 Å². The van der Waals surface area contributed by atoms with Gasteiger partial charge in [-0.05, 0) is 13.8 Å². The smallest absolute Gasteiger partial charge is 0.305 e. The number of nitrogens with zero attached hydrogens (tertiary/aromatic N) is 1. The first kappa shape index (κ1) is 11.7. The fourth-order valence-electron chi connectivity index (χ4n) is 1.73. The number of aliphatic carboxylic acids is 1. The lowest BCUT2D eigenvalue weighted by Crippen LogP contribution is -2.51. The molecule has 1 aliphatic rings. The Morgan fingerprint density at radius 3 is 2.36 bits per heavy atom. The van der Waals surface area contributed by atoms with Gasteiger partial charge in [-0.2, -0.15) is 0 Å². The second kappa shape index (κ2) is 4.40. The molecular weight excluding hydrogens is 202 g/mol. The van der Waals surface area contributed by atoms with Gasteiger partial charge in [0.2, 0.25) is 0 Å². The molecule has 82 valence electrons. The summed E-state index contributed by atoms with van der Waals surface area (Å²) in [6, 6.07) is 0. The highest BCUT2D eigenvalue weighted by Crippen LogP contribution is 2.20. The molecule has 1 aliphatic heterocycles. The van der Waals surface area contributed by atoms with Gasteiger partial charge in [-0.15, -0.1) is 0 Å². The summed E-state index contributed by atoms with van der Waals surface area (Å²) in [4.78, 5) is 12.7. The predicted octanol–water partition coefficient (Wildman–Crippen LogP) is 0.304. The third-order valence-corrected chi connectivity index (χ3v) is 3.89. The Hall–Kier alpha value is -0.420. The molecule has 4 nitrogen and oxygen atoms in total. The summed E-state index contributed by atoms with van der Waals surface area (Å²) < 4.78 is 11.1. The van der Waals surface area contributed by atoms with Crippen LogP contribution in [0, 0.1) is 0 Å². The van der Waals surface area contributed by atoms with Crippen molar-refractivity contribution in [2.45, 2.75) is 25.8 Å². The lowest BCUT2D eigenvalue weighted by Gasteiger charge is -2.39. The van der Waals surface area contributed by atoms with Crippen LogP contribution in [0.1, 0.15) is 20.3 Å². The Morgan fingerprint density at radius 2 is 1.93 bits per heavy atom. The standard InChI is InChI=1S/C9H17NO3S/c1-9(2,7-8(11)12)10-3-5-14(13)6-4-10/h3-7H2,1-2H3,(H,11,12). The van der Waals surface area contributed by atoms with Gasteiger partial charge in [0.25, 0.3) is 0 Å². The highest BCUT2D eigenvalue weighted by atomic mass is 32.2. The van der Waals surface area contributed by atoms with Crippen LogP contribution in [0.2, 0.25) is 0 Å². The fourth-order valence-corrected chi connectivity index (χ4v) is 2.78. The average Bonchev–Trinajstić information content (AvgIpc) is 2.02. The van der Waals surface area contributed by atoms with Crippen LogP contribution in [-0.4, -0.2) is 50.3 Å². The van der Waals surface area contributed by atoms with Gasteiger partial charge in [0, 0.05) is 40.9 Å². The van der Waals surface area contributed by atoms with Crippen molar-refractivity contribution in [2.24, 2.45) is 0 Å². The van der Waals surface area contributed by atoms with E-state index in [1.54, 1.807) is 0 Å². The number of carboxylic acid groups (broad SMARTS) is 1. The van der Waals surface area contributed by atoms with Crippen molar-refractivity contribution < 1.29 is 14.1 Å². The maximum Gasteiger partial charge on any atom is 0.305 e. The van der Waals surface area contributed by atoms with Gasteiger partial charge in [0.1, 0.15) is 0 Å². The maximum absolute atomic E-state index is 11.1. The van der Waals surface area contributed by atoms with Crippen LogP contribution in [0.25, 0.3) is 0 Å². The molecule has 14 heavy (non-hydrogen) atoms. The van der Waals surface area contributed by atoms with Crippen molar-refractivity contribution in [1.82, 2.24) is 4.90 Å². The fraction of sp³-hybridized carbons (Fsp3) is 0.889. The average molecular weight is 219 g/mol. The quantitative estimate of drug-likeness (QED) is 0.742. The minimum Gasteiger partial charge on any atom is -0.481 e. The van der Waals surface area contributed by atoms with E-state index in [4.69, 9.17) is 5.11 Å². The van der Waals surface area contributed by atoms with Gasteiger partial charge in [-0.25, -0.2) is 0 Å². The molecule has 0 amide bonds. The molecule has 1 heterocycles. The summed E-state index contributed by atoms with van der Waals surface area (Å²) in [6.07, 6.45) is 0.139. The summed E-state index contributed by atoms with van der Waals surface area (Å²) >= 11 is 0. The number of rotatable bonds is 3. The van der Waals surface area contributed by atoms with Crippen molar-refractivity contribution in [3.05, 3.63) is 0 Å². The molecule has 0 saturated carbocycles. The zero-order valence-corrected chi connectivity index (χ0v) is 9.47. The minimum atomic E-state index is -0.776. The summed E-state index contributed by atoms with van der Waals surface area (Å²) in [7, 11) is -0.697. The molecule has 0 aliphatic carbocycles. The first-order valence-corrected chi connectivity index (χ1v) is 6.22. The maximum atomic E-state index is 11.1. The number of hydrogen-bond acceptors (Lipinski definition) is 3. The largest absolute Gasteiger partial charge is 0.481 e. The van der Waals surface area contributed by atoms with E-state index in [0.717, 1.165) is 13.1 Å². The molecule has 0 radical (unpaired) electrons. The Kier molecular flexibility index (Phi) is 3.66. The van der Waals surface area contributed by atoms with Crippen molar-refractivity contribution in [3.8, 4) is 0 Å². The highest BCUT2D eigenvalue weighted by molar-refractivity contribution is 7.85. The molecule has 0 aromatic rings. The third-order valence-electron chi connectivity index (χ3n) is 2.62. The van der Waals surface area contributed by atoms with Crippen LogP contribution in [0.5, 0.6) is 0 Å². The number of carbonyl (C=O) groups is 1. The molecule has 5 heteroatoms. The van der Waals surface area contributed by atoms with E-state index in [2.05, 4.69) is 4.90 Å². The normalized spacial score (nSPS) is 21.0. The number of carboxylic acids is 1. The summed E-state index contributed by atoms with van der Waals surface area (Å²) in [5, 5.41) is 8.75. The lowest BCUT2D eigenvalue weighted by atomic mass is 9.98. The van der Waals surface area contributed by atoms with Crippen LogP contribution in [0.15, 0.2) is 0 Å². The van der Waals surface area contributed by atoms with Gasteiger partial charge in [-0.1, -0.05) is 0 Å². The number of hydrogen-bond donors (Lipinski definition) is 1. The molecule has 1 rings (SSSR count).